The van der Waals surface area contributed by atoms with Crippen molar-refractivity contribution in [2.75, 3.05) is 6.54 Å². The molecule has 2 aromatic carbocycles. The Morgan fingerprint density at radius 2 is 1.81 bits per heavy atom. The molecule has 0 spiro atoms. The molecule has 2 nitrogen and oxygen atoms in total. The topological polar surface area (TPSA) is 29.4 Å². The number of carbonyl (C=O) groups is 1. The van der Waals surface area contributed by atoms with Crippen LogP contribution in [0, 0.1) is 11.7 Å². The Balaban J connectivity index is 2.05. The third-order valence-corrected chi connectivity index (χ3v) is 3.37. The number of hydrogen-bond acceptors (Lipinski definition) is 2. The number of carbonyl (C=O) groups excluding carboxylic acids is 1. The zero-order valence-electron chi connectivity index (χ0n) is 12.0. The van der Waals surface area contributed by atoms with Gasteiger partial charge in [-0.15, -0.1) is 0 Å². The minimum Gasteiger partial charge on any atom is -0.294 e. The van der Waals surface area contributed by atoms with Crippen molar-refractivity contribution >= 4 is 12.0 Å². The second-order valence-electron chi connectivity index (χ2n) is 4.85. The van der Waals surface area contributed by atoms with Crippen LogP contribution in [-0.4, -0.2) is 18.5 Å². The van der Waals surface area contributed by atoms with Crippen LogP contribution >= 0.6 is 0 Å². The molecule has 108 valence electrons. The number of rotatable bonds is 6. The number of nitrogens with zero attached hydrogens (tertiary/aromatic N) is 1. The van der Waals surface area contributed by atoms with Gasteiger partial charge >= 0.3 is 0 Å². The fraction of sp³-hybridized carbons (Fsp3) is 0.222. The highest BCUT2D eigenvalue weighted by Crippen LogP contribution is 2.16. The van der Waals surface area contributed by atoms with E-state index < -0.39 is 5.82 Å². The van der Waals surface area contributed by atoms with Gasteiger partial charge in [-0.3, -0.25) is 9.79 Å². The lowest BCUT2D eigenvalue weighted by molar-refractivity contribution is 0.0917. The lowest BCUT2D eigenvalue weighted by Gasteiger charge is -2.11. The van der Waals surface area contributed by atoms with Crippen LogP contribution in [0.25, 0.3) is 0 Å². The van der Waals surface area contributed by atoms with Crippen molar-refractivity contribution in [1.82, 2.24) is 0 Å². The number of Topliss-reactive ketones (excluding diaryl/α,β-unsaturated/α-hetero) is 1. The molecule has 0 radical (unpaired) electrons. The van der Waals surface area contributed by atoms with Crippen LogP contribution < -0.4 is 0 Å². The molecule has 1 atom stereocenters. The summed E-state index contributed by atoms with van der Waals surface area (Å²) in [6, 6.07) is 15.8. The summed E-state index contributed by atoms with van der Waals surface area (Å²) in [5.41, 5.74) is 1.14. The Morgan fingerprint density at radius 1 is 1.14 bits per heavy atom. The predicted octanol–water partition coefficient (Wildman–Crippen LogP) is 4.15. The first-order chi connectivity index (χ1) is 10.2. The van der Waals surface area contributed by atoms with Crippen LogP contribution in [0.3, 0.4) is 0 Å². The van der Waals surface area contributed by atoms with Crippen molar-refractivity contribution in [3.8, 4) is 0 Å². The lowest BCUT2D eigenvalue weighted by Crippen LogP contribution is -2.18. The molecule has 0 N–H and O–H groups in total. The summed E-state index contributed by atoms with van der Waals surface area (Å²) in [5, 5.41) is 0. The van der Waals surface area contributed by atoms with Crippen molar-refractivity contribution in [3.05, 3.63) is 71.5 Å². The number of hydrogen-bond donors (Lipinski definition) is 0. The molecule has 0 bridgehead atoms. The van der Waals surface area contributed by atoms with Gasteiger partial charge in [-0.25, -0.2) is 4.39 Å². The Bertz CT molecular complexity index is 622. The lowest BCUT2D eigenvalue weighted by atomic mass is 9.95. The van der Waals surface area contributed by atoms with Gasteiger partial charge in [-0.2, -0.15) is 0 Å². The maximum absolute atomic E-state index is 13.7. The fourth-order valence-corrected chi connectivity index (χ4v) is 2.10. The summed E-state index contributed by atoms with van der Waals surface area (Å²) in [6.07, 6.45) is 2.39. The number of benzene rings is 2. The van der Waals surface area contributed by atoms with Gasteiger partial charge in [0.05, 0.1) is 5.56 Å². The molecule has 0 fully saturated rings. The molecule has 0 aliphatic heterocycles. The van der Waals surface area contributed by atoms with E-state index in [2.05, 4.69) is 4.99 Å². The maximum atomic E-state index is 13.7. The first-order valence-corrected chi connectivity index (χ1v) is 7.06. The smallest absolute Gasteiger partial charge is 0.170 e. The standard InChI is InChI=1S/C18H18FNO/c1-2-15(13-20-12-14-8-4-3-5-9-14)18(21)16-10-6-7-11-17(16)19/h3-12,15H,2,13H2,1H3/b20-12+. The van der Waals surface area contributed by atoms with Crippen LogP contribution in [0.1, 0.15) is 29.3 Å². The molecule has 21 heavy (non-hydrogen) atoms. The molecule has 0 aromatic heterocycles. The molecule has 0 saturated carbocycles. The van der Waals surface area contributed by atoms with Gasteiger partial charge in [0.25, 0.3) is 0 Å². The summed E-state index contributed by atoms with van der Waals surface area (Å²) in [4.78, 5) is 16.6. The Hall–Kier alpha value is -2.29. The fourth-order valence-electron chi connectivity index (χ4n) is 2.10. The van der Waals surface area contributed by atoms with Crippen molar-refractivity contribution < 1.29 is 9.18 Å². The predicted molar refractivity (Wildman–Crippen MR) is 83.4 cm³/mol. The second-order valence-corrected chi connectivity index (χ2v) is 4.85. The Morgan fingerprint density at radius 3 is 2.48 bits per heavy atom. The molecular formula is C18H18FNO. The molecule has 1 unspecified atom stereocenters. The quantitative estimate of drug-likeness (QED) is 0.578. The van der Waals surface area contributed by atoms with E-state index in [9.17, 15) is 9.18 Å². The summed E-state index contributed by atoms with van der Waals surface area (Å²) >= 11 is 0. The van der Waals surface area contributed by atoms with Crippen LogP contribution in [0.2, 0.25) is 0 Å². The van der Waals surface area contributed by atoms with Crippen molar-refractivity contribution in [2.24, 2.45) is 10.9 Å². The largest absolute Gasteiger partial charge is 0.294 e. The third-order valence-electron chi connectivity index (χ3n) is 3.37. The first-order valence-electron chi connectivity index (χ1n) is 7.06. The van der Waals surface area contributed by atoms with Gasteiger partial charge in [0.2, 0.25) is 0 Å². The van der Waals surface area contributed by atoms with Gasteiger partial charge in [-0.1, -0.05) is 49.4 Å². The zero-order valence-corrected chi connectivity index (χ0v) is 12.0. The van der Waals surface area contributed by atoms with Crippen LogP contribution in [-0.2, 0) is 0 Å². The minimum absolute atomic E-state index is 0.152. The van der Waals surface area contributed by atoms with E-state index >= 15 is 0 Å². The molecule has 0 aliphatic rings. The molecule has 3 heteroatoms. The Kier molecular flexibility index (Phi) is 5.38. The van der Waals surface area contributed by atoms with Crippen LogP contribution in [0.15, 0.2) is 59.6 Å². The highest BCUT2D eigenvalue weighted by molar-refractivity contribution is 5.98. The number of ketones is 1. The summed E-state index contributed by atoms with van der Waals surface area (Å²) in [5.74, 6) is -0.935. The van der Waals surface area contributed by atoms with Gasteiger partial charge in [0, 0.05) is 18.7 Å². The van der Waals surface area contributed by atoms with E-state index in [1.165, 1.54) is 12.1 Å². The van der Waals surface area contributed by atoms with Crippen molar-refractivity contribution in [3.63, 3.8) is 0 Å². The van der Waals surface area contributed by atoms with Gasteiger partial charge in [0.15, 0.2) is 5.78 Å². The Labute approximate surface area is 124 Å². The first kappa shape index (κ1) is 15.1. The van der Waals surface area contributed by atoms with E-state index in [1.54, 1.807) is 18.3 Å². The van der Waals surface area contributed by atoms with E-state index in [0.717, 1.165) is 5.56 Å². The van der Waals surface area contributed by atoms with E-state index in [1.807, 2.05) is 37.3 Å². The van der Waals surface area contributed by atoms with Crippen LogP contribution in [0.4, 0.5) is 4.39 Å². The number of halogens is 1. The molecule has 0 aliphatic carbocycles. The number of aliphatic imine (C=N–C) groups is 1. The normalized spacial score (nSPS) is 12.5. The van der Waals surface area contributed by atoms with Gasteiger partial charge in [0.1, 0.15) is 5.82 Å². The van der Waals surface area contributed by atoms with E-state index in [0.29, 0.717) is 13.0 Å². The van der Waals surface area contributed by atoms with Crippen LogP contribution in [0.5, 0.6) is 0 Å². The summed E-state index contributed by atoms with van der Waals surface area (Å²) in [6.45, 7) is 2.29. The summed E-state index contributed by atoms with van der Waals surface area (Å²) < 4.78 is 13.7. The average Bonchev–Trinajstić information content (AvgIpc) is 2.52. The van der Waals surface area contributed by atoms with E-state index in [4.69, 9.17) is 0 Å². The minimum atomic E-state index is -0.465. The molecule has 0 saturated heterocycles. The SMILES string of the molecule is CCC(C/N=C/c1ccccc1)C(=O)c1ccccc1F. The third kappa shape index (κ3) is 4.09. The molecule has 2 aromatic rings. The highest BCUT2D eigenvalue weighted by Gasteiger charge is 2.20. The van der Waals surface area contributed by atoms with Gasteiger partial charge < -0.3 is 0 Å². The van der Waals surface area contributed by atoms with Gasteiger partial charge in [-0.05, 0) is 24.1 Å². The zero-order chi connectivity index (χ0) is 15.1. The van der Waals surface area contributed by atoms with Crippen molar-refractivity contribution in [1.29, 1.82) is 0 Å². The highest BCUT2D eigenvalue weighted by atomic mass is 19.1. The van der Waals surface area contributed by atoms with Crippen molar-refractivity contribution in [2.45, 2.75) is 13.3 Å². The molecular weight excluding hydrogens is 265 g/mol. The summed E-state index contributed by atoms with van der Waals surface area (Å²) in [7, 11) is 0. The average molecular weight is 283 g/mol. The second kappa shape index (κ2) is 7.48. The monoisotopic (exact) mass is 283 g/mol. The van der Waals surface area contributed by atoms with E-state index in [-0.39, 0.29) is 17.3 Å². The molecule has 0 amide bonds. The molecule has 0 heterocycles. The molecule has 2 rings (SSSR count). The maximum Gasteiger partial charge on any atom is 0.170 e.